The average molecular weight is 466 g/mol. The molecule has 182 valence electrons. The summed E-state index contributed by atoms with van der Waals surface area (Å²) in [6.45, 7) is 4.89. The Morgan fingerprint density at radius 3 is 2.53 bits per heavy atom. The third kappa shape index (κ3) is 3.77. The molecule has 4 atom stereocenters. The Balaban J connectivity index is 1.80. The Hall–Kier alpha value is -2.90. The summed E-state index contributed by atoms with van der Waals surface area (Å²) in [5.74, 6) is -0.0400. The van der Waals surface area contributed by atoms with Crippen molar-refractivity contribution in [2.75, 3.05) is 25.6 Å². The smallest absolute Gasteiger partial charge is 0.326 e. The van der Waals surface area contributed by atoms with Crippen molar-refractivity contribution < 1.29 is 19.4 Å². The minimum Gasteiger partial charge on any atom is -0.497 e. The molecule has 3 unspecified atom stereocenters. The van der Waals surface area contributed by atoms with E-state index in [0.29, 0.717) is 31.4 Å². The van der Waals surface area contributed by atoms with Gasteiger partial charge >= 0.3 is 6.03 Å². The number of amides is 3. The van der Waals surface area contributed by atoms with Crippen LogP contribution in [-0.2, 0) is 10.2 Å². The number of carbonyl (C=O) groups is 2. The summed E-state index contributed by atoms with van der Waals surface area (Å²) in [6.07, 6.45) is 2.07. The van der Waals surface area contributed by atoms with E-state index in [1.165, 1.54) is 0 Å². The first-order valence-electron chi connectivity index (χ1n) is 11.9. The number of fused-ring (bicyclic) bond motifs is 1. The number of urea groups is 1. The van der Waals surface area contributed by atoms with Gasteiger partial charge in [0.15, 0.2) is 0 Å². The molecule has 7 heteroatoms. The van der Waals surface area contributed by atoms with E-state index in [9.17, 15) is 14.7 Å². The minimum atomic E-state index is -1.03. The zero-order chi connectivity index (χ0) is 24.7. The standard InChI is InChI=1S/C27H35N3O4/c1-18-10-11-22(34-4)16-23(18)26-14-15-29(3)19(2)27(26,33)13-12-20(17-26)24(31)30(25(28)32)21-8-6-5-7-9-21/h5-11,16,19-20,33H,12-15,17H2,1-4H3,(H2,28,32)/t19?,20?,26-,27?/m1/s1. The fourth-order valence-electron chi connectivity index (χ4n) is 6.24. The monoisotopic (exact) mass is 465 g/mol. The number of methoxy groups -OCH3 is 1. The molecule has 2 fully saturated rings. The number of hydrogen-bond donors (Lipinski definition) is 2. The van der Waals surface area contributed by atoms with Crippen LogP contribution in [0, 0.1) is 12.8 Å². The van der Waals surface area contributed by atoms with E-state index in [4.69, 9.17) is 10.5 Å². The molecule has 0 aromatic heterocycles. The van der Waals surface area contributed by atoms with Crippen molar-refractivity contribution in [1.82, 2.24) is 4.90 Å². The largest absolute Gasteiger partial charge is 0.497 e. The summed E-state index contributed by atoms with van der Waals surface area (Å²) in [5.41, 5.74) is 6.52. The zero-order valence-corrected chi connectivity index (χ0v) is 20.5. The van der Waals surface area contributed by atoms with Crippen LogP contribution in [-0.4, -0.2) is 54.3 Å². The molecule has 0 bridgehead atoms. The lowest BCUT2D eigenvalue weighted by molar-refractivity contribution is -0.162. The van der Waals surface area contributed by atoms with Crippen molar-refractivity contribution in [3.05, 3.63) is 59.7 Å². The van der Waals surface area contributed by atoms with E-state index in [1.807, 2.05) is 38.2 Å². The van der Waals surface area contributed by atoms with Crippen molar-refractivity contribution in [2.45, 2.75) is 56.6 Å². The number of para-hydroxylation sites is 1. The van der Waals surface area contributed by atoms with Crippen LogP contribution in [0.1, 0.15) is 43.7 Å². The number of aliphatic hydroxyl groups is 1. The van der Waals surface area contributed by atoms with Crippen molar-refractivity contribution in [2.24, 2.45) is 11.7 Å². The molecule has 0 radical (unpaired) electrons. The number of nitrogens with two attached hydrogens (primary N) is 1. The van der Waals surface area contributed by atoms with E-state index in [2.05, 4.69) is 11.8 Å². The number of imide groups is 1. The Bertz CT molecular complexity index is 1070. The summed E-state index contributed by atoms with van der Waals surface area (Å²) in [4.78, 5) is 29.4. The molecule has 2 aromatic carbocycles. The van der Waals surface area contributed by atoms with Crippen molar-refractivity contribution >= 4 is 17.6 Å². The Kier molecular flexibility index (Phi) is 6.44. The van der Waals surface area contributed by atoms with E-state index < -0.39 is 23.0 Å². The number of primary amides is 1. The van der Waals surface area contributed by atoms with Crippen molar-refractivity contribution in [1.29, 1.82) is 0 Å². The van der Waals surface area contributed by atoms with Crippen LogP contribution in [0.4, 0.5) is 10.5 Å². The molecule has 1 aliphatic carbocycles. The summed E-state index contributed by atoms with van der Waals surface area (Å²) >= 11 is 0. The number of rotatable bonds is 4. The van der Waals surface area contributed by atoms with Gasteiger partial charge in [-0.3, -0.25) is 4.79 Å². The van der Waals surface area contributed by atoms with Crippen molar-refractivity contribution in [3.63, 3.8) is 0 Å². The first-order chi connectivity index (χ1) is 16.1. The number of ether oxygens (including phenoxy) is 1. The maximum atomic E-state index is 13.8. The lowest BCUT2D eigenvalue weighted by atomic mass is 9.51. The first kappa shape index (κ1) is 24.2. The first-order valence-corrected chi connectivity index (χ1v) is 11.9. The van der Waals surface area contributed by atoms with Crippen LogP contribution in [0.3, 0.4) is 0 Å². The van der Waals surface area contributed by atoms with Gasteiger partial charge in [0, 0.05) is 17.4 Å². The SMILES string of the molecule is COc1ccc(C)c([C@]23CCN(C)C(C)C2(O)CCC(C(=O)N(C(N)=O)c2ccccc2)C3)c1. The van der Waals surface area contributed by atoms with Crippen LogP contribution >= 0.6 is 0 Å². The predicted molar refractivity (Wildman–Crippen MR) is 132 cm³/mol. The van der Waals surface area contributed by atoms with Gasteiger partial charge in [0.25, 0.3) is 0 Å². The van der Waals surface area contributed by atoms with E-state index in [0.717, 1.165) is 28.3 Å². The maximum Gasteiger partial charge on any atom is 0.326 e. The molecular formula is C27H35N3O4. The third-order valence-electron chi connectivity index (χ3n) is 8.31. The van der Waals surface area contributed by atoms with Crippen LogP contribution in [0.25, 0.3) is 0 Å². The highest BCUT2D eigenvalue weighted by Crippen LogP contribution is 2.56. The molecule has 4 rings (SSSR count). The number of likely N-dealkylation sites (N-methyl/N-ethyl adjacent to an activating group) is 1. The van der Waals surface area contributed by atoms with Crippen LogP contribution < -0.4 is 15.4 Å². The van der Waals surface area contributed by atoms with E-state index in [1.54, 1.807) is 31.4 Å². The second kappa shape index (κ2) is 9.04. The second-order valence-electron chi connectivity index (χ2n) is 9.88. The van der Waals surface area contributed by atoms with Crippen LogP contribution in [0.2, 0.25) is 0 Å². The normalized spacial score (nSPS) is 29.2. The molecule has 1 saturated carbocycles. The molecule has 2 aromatic rings. The number of nitrogens with zero attached hydrogens (tertiary/aromatic N) is 2. The quantitative estimate of drug-likeness (QED) is 0.719. The predicted octanol–water partition coefficient (Wildman–Crippen LogP) is 3.61. The van der Waals surface area contributed by atoms with Gasteiger partial charge in [-0.05, 0) is 88.5 Å². The number of benzene rings is 2. The van der Waals surface area contributed by atoms with Gasteiger partial charge in [0.05, 0.1) is 18.4 Å². The molecule has 3 N–H and O–H groups in total. The summed E-state index contributed by atoms with van der Waals surface area (Å²) in [5, 5.41) is 12.3. The molecule has 3 amide bonds. The number of hydrogen-bond acceptors (Lipinski definition) is 5. The topological polar surface area (TPSA) is 96.1 Å². The molecular weight excluding hydrogens is 430 g/mol. The number of carbonyl (C=O) groups excluding carboxylic acids is 2. The molecule has 7 nitrogen and oxygen atoms in total. The van der Waals surface area contributed by atoms with Crippen molar-refractivity contribution in [3.8, 4) is 5.75 Å². The van der Waals surface area contributed by atoms with Gasteiger partial charge in [0.1, 0.15) is 5.75 Å². The van der Waals surface area contributed by atoms with Gasteiger partial charge in [0.2, 0.25) is 5.91 Å². The number of likely N-dealkylation sites (tertiary alicyclic amines) is 1. The molecule has 1 heterocycles. The van der Waals surface area contributed by atoms with Gasteiger partial charge < -0.3 is 20.5 Å². The number of piperidine rings is 1. The van der Waals surface area contributed by atoms with Gasteiger partial charge in [-0.25, -0.2) is 9.69 Å². The molecule has 1 saturated heterocycles. The number of aryl methyl sites for hydroxylation is 1. The zero-order valence-electron chi connectivity index (χ0n) is 20.5. The Morgan fingerprint density at radius 1 is 1.18 bits per heavy atom. The molecule has 1 aliphatic heterocycles. The van der Waals surface area contributed by atoms with Crippen LogP contribution in [0.5, 0.6) is 5.75 Å². The maximum absolute atomic E-state index is 13.8. The van der Waals surface area contributed by atoms with Gasteiger partial charge in [-0.2, -0.15) is 0 Å². The fraction of sp³-hybridized carbons (Fsp3) is 0.481. The van der Waals surface area contributed by atoms with Crippen LogP contribution in [0.15, 0.2) is 48.5 Å². The summed E-state index contributed by atoms with van der Waals surface area (Å²) in [7, 11) is 3.67. The summed E-state index contributed by atoms with van der Waals surface area (Å²) < 4.78 is 5.53. The average Bonchev–Trinajstić information content (AvgIpc) is 2.83. The lowest BCUT2D eigenvalue weighted by Gasteiger charge is -2.61. The molecule has 34 heavy (non-hydrogen) atoms. The third-order valence-corrected chi connectivity index (χ3v) is 8.31. The van der Waals surface area contributed by atoms with E-state index >= 15 is 0 Å². The summed E-state index contributed by atoms with van der Waals surface area (Å²) in [6, 6.07) is 13.9. The highest BCUT2D eigenvalue weighted by molar-refractivity contribution is 6.14. The lowest BCUT2D eigenvalue weighted by Crippen LogP contribution is -2.69. The Labute approximate surface area is 201 Å². The second-order valence-corrected chi connectivity index (χ2v) is 9.88. The fourth-order valence-corrected chi connectivity index (χ4v) is 6.24. The van der Waals surface area contributed by atoms with Gasteiger partial charge in [-0.1, -0.05) is 24.3 Å². The molecule has 0 spiro atoms. The highest BCUT2D eigenvalue weighted by atomic mass is 16.5. The highest BCUT2D eigenvalue weighted by Gasteiger charge is 2.61. The minimum absolute atomic E-state index is 0.0933. The van der Waals surface area contributed by atoms with Gasteiger partial charge in [-0.15, -0.1) is 0 Å². The Morgan fingerprint density at radius 2 is 1.88 bits per heavy atom. The molecule has 2 aliphatic rings. The number of anilines is 1. The van der Waals surface area contributed by atoms with E-state index in [-0.39, 0.29) is 11.9 Å².